The number of esters is 1. The second-order valence-corrected chi connectivity index (χ2v) is 17.0. The Hall–Kier alpha value is -2.59. The molecule has 8 nitrogen and oxygen atoms in total. The number of fused-ring (bicyclic) bond motifs is 3. The van der Waals surface area contributed by atoms with Crippen molar-refractivity contribution in [2.45, 2.75) is 95.5 Å². The lowest BCUT2D eigenvalue weighted by atomic mass is 9.58. The average molecular weight is 659 g/mol. The number of primary sulfonamides is 1. The summed E-state index contributed by atoms with van der Waals surface area (Å²) in [5.74, 6) is 0.484. The molecule has 0 bridgehead atoms. The highest BCUT2D eigenvalue weighted by Crippen LogP contribution is 2.52. The maximum Gasteiger partial charge on any atom is 0.338 e. The molecular weight excluding hydrogens is 612 g/mol. The van der Waals surface area contributed by atoms with Crippen molar-refractivity contribution in [3.05, 3.63) is 70.3 Å². The van der Waals surface area contributed by atoms with Crippen LogP contribution in [-0.4, -0.2) is 56.1 Å². The topological polar surface area (TPSA) is 119 Å². The van der Waals surface area contributed by atoms with E-state index in [1.165, 1.54) is 11.1 Å². The number of carbonyl (C=O) groups excluding carboxylic acids is 1. The van der Waals surface area contributed by atoms with E-state index in [0.717, 1.165) is 48.6 Å². The van der Waals surface area contributed by atoms with Gasteiger partial charge in [0.15, 0.2) is 0 Å². The predicted molar refractivity (Wildman–Crippen MR) is 179 cm³/mol. The number of ether oxygens (including phenoxy) is 2. The molecule has 2 aromatic rings. The monoisotopic (exact) mass is 658 g/mol. The molecule has 3 aliphatic rings. The van der Waals surface area contributed by atoms with E-state index in [-0.39, 0.29) is 23.7 Å². The highest BCUT2D eigenvalue weighted by atomic mass is 35.5. The Bertz CT molecular complexity index is 1570. The molecule has 5 rings (SSSR count). The number of anilines is 1. The Morgan fingerprint density at radius 2 is 2.00 bits per heavy atom. The number of hydrogen-bond acceptors (Lipinski definition) is 7. The van der Waals surface area contributed by atoms with Gasteiger partial charge >= 0.3 is 5.97 Å². The van der Waals surface area contributed by atoms with Crippen LogP contribution in [0.2, 0.25) is 5.02 Å². The van der Waals surface area contributed by atoms with Gasteiger partial charge in [0.1, 0.15) is 11.4 Å². The highest BCUT2D eigenvalue weighted by molar-refractivity contribution is 7.89. The quantitative estimate of drug-likeness (QED) is 0.257. The van der Waals surface area contributed by atoms with Crippen molar-refractivity contribution in [3.63, 3.8) is 0 Å². The molecule has 0 unspecified atom stereocenters. The van der Waals surface area contributed by atoms with Crippen LogP contribution in [0.25, 0.3) is 0 Å². The summed E-state index contributed by atoms with van der Waals surface area (Å²) in [4.78, 5) is 15.5. The summed E-state index contributed by atoms with van der Waals surface area (Å²) in [6.45, 7) is 11.1. The lowest BCUT2D eigenvalue weighted by molar-refractivity contribution is -0.0469. The van der Waals surface area contributed by atoms with Crippen molar-refractivity contribution in [1.29, 1.82) is 0 Å². The van der Waals surface area contributed by atoms with E-state index in [0.29, 0.717) is 25.3 Å². The number of halogens is 1. The number of carbonyl (C=O) groups is 1. The lowest BCUT2D eigenvalue weighted by Gasteiger charge is -2.52. The van der Waals surface area contributed by atoms with Gasteiger partial charge in [-0.1, -0.05) is 36.7 Å². The Morgan fingerprint density at radius 1 is 1.24 bits per heavy atom. The van der Waals surface area contributed by atoms with E-state index in [9.17, 15) is 18.3 Å². The van der Waals surface area contributed by atoms with Crippen LogP contribution >= 0.6 is 11.6 Å². The van der Waals surface area contributed by atoms with Crippen molar-refractivity contribution in [1.82, 2.24) is 0 Å². The molecule has 3 N–H and O–H groups in total. The zero-order valence-corrected chi connectivity index (χ0v) is 28.6. The minimum absolute atomic E-state index is 0.147. The standard InChI is InChI=1S/C35H47ClN2O6S/c1-23(45(37,41)42)8-6-10-31(39)34(5)17-15-26(34)20-38-21-35(16-7-9-24-18-27(36)12-13-28(24)35)22-43-30-14-11-25(19-29(30)38)32(40)44-33(2,3)4/h6,10-14,18-19,23,26,31,39H,7-9,15-17,20-22H2,1-5H3,(H2,37,41,42)/b10-6+/t23-,26-,31+,34+,35+/m1/s1. The van der Waals surface area contributed by atoms with Crippen LogP contribution in [0.4, 0.5) is 5.69 Å². The van der Waals surface area contributed by atoms with Gasteiger partial charge in [-0.3, -0.25) is 0 Å². The Balaban J connectivity index is 1.47. The van der Waals surface area contributed by atoms with Gasteiger partial charge in [-0.2, -0.15) is 0 Å². The molecule has 1 saturated carbocycles. The molecule has 5 atom stereocenters. The lowest BCUT2D eigenvalue weighted by Crippen LogP contribution is -2.53. The molecule has 2 aliphatic carbocycles. The summed E-state index contributed by atoms with van der Waals surface area (Å²) < 4.78 is 35.6. The van der Waals surface area contributed by atoms with E-state index in [2.05, 4.69) is 24.0 Å². The van der Waals surface area contributed by atoms with Crippen LogP contribution < -0.4 is 14.8 Å². The van der Waals surface area contributed by atoms with E-state index in [1.54, 1.807) is 25.1 Å². The summed E-state index contributed by atoms with van der Waals surface area (Å²) in [5.41, 5.74) is 2.52. The van der Waals surface area contributed by atoms with E-state index >= 15 is 0 Å². The Kier molecular flexibility index (Phi) is 9.41. The molecule has 1 spiro atoms. The van der Waals surface area contributed by atoms with Gasteiger partial charge in [-0.25, -0.2) is 18.4 Å². The molecule has 1 fully saturated rings. The van der Waals surface area contributed by atoms with Crippen molar-refractivity contribution < 1.29 is 27.8 Å². The van der Waals surface area contributed by atoms with Crippen molar-refractivity contribution in [3.8, 4) is 5.75 Å². The normalized spacial score (nSPS) is 26.3. The number of hydrogen-bond donors (Lipinski definition) is 2. The van der Waals surface area contributed by atoms with E-state index in [4.69, 9.17) is 26.2 Å². The number of allylic oxidation sites excluding steroid dienone is 1. The third kappa shape index (κ3) is 7.22. The molecule has 0 amide bonds. The van der Waals surface area contributed by atoms with Gasteiger partial charge in [-0.15, -0.1) is 0 Å². The zero-order chi connectivity index (χ0) is 32.8. The fraction of sp³-hybridized carbons (Fsp3) is 0.571. The third-order valence-corrected chi connectivity index (χ3v) is 11.6. The molecule has 0 radical (unpaired) electrons. The first-order chi connectivity index (χ1) is 21.0. The summed E-state index contributed by atoms with van der Waals surface area (Å²) in [6, 6.07) is 11.7. The highest BCUT2D eigenvalue weighted by Gasteiger charge is 2.49. The van der Waals surface area contributed by atoms with Crippen LogP contribution in [0.5, 0.6) is 5.75 Å². The molecule has 0 saturated heterocycles. The first-order valence-electron chi connectivity index (χ1n) is 15.9. The zero-order valence-electron chi connectivity index (χ0n) is 27.0. The van der Waals surface area contributed by atoms with Crippen molar-refractivity contribution >= 4 is 33.3 Å². The summed E-state index contributed by atoms with van der Waals surface area (Å²) in [7, 11) is -3.64. The van der Waals surface area contributed by atoms with E-state index in [1.807, 2.05) is 39.0 Å². The van der Waals surface area contributed by atoms with Crippen molar-refractivity contribution in [2.75, 3.05) is 24.6 Å². The third-order valence-electron chi connectivity index (χ3n) is 10.1. The number of nitrogens with two attached hydrogens (primary N) is 1. The average Bonchev–Trinajstić information content (AvgIpc) is 3.10. The van der Waals surface area contributed by atoms with Gasteiger partial charge in [0.05, 0.1) is 29.2 Å². The Labute approximate surface area is 273 Å². The fourth-order valence-electron chi connectivity index (χ4n) is 7.09. The minimum atomic E-state index is -3.64. The first-order valence-corrected chi connectivity index (χ1v) is 17.9. The van der Waals surface area contributed by atoms with Gasteiger partial charge in [0, 0.05) is 28.9 Å². The number of aryl methyl sites for hydroxylation is 1. The molecular formula is C35H47ClN2O6S. The second kappa shape index (κ2) is 12.5. The minimum Gasteiger partial charge on any atom is -0.490 e. The fourth-order valence-corrected chi connectivity index (χ4v) is 7.66. The first kappa shape index (κ1) is 33.8. The van der Waals surface area contributed by atoms with Crippen molar-refractivity contribution in [2.24, 2.45) is 16.5 Å². The van der Waals surface area contributed by atoms with Gasteiger partial charge in [0.25, 0.3) is 0 Å². The van der Waals surface area contributed by atoms with Crippen LogP contribution in [0.1, 0.15) is 88.2 Å². The summed E-state index contributed by atoms with van der Waals surface area (Å²) in [6.07, 6.45) is 7.67. The van der Waals surface area contributed by atoms with Gasteiger partial charge in [-0.05, 0) is 114 Å². The maximum absolute atomic E-state index is 13.1. The van der Waals surface area contributed by atoms with Crippen LogP contribution in [-0.2, 0) is 26.6 Å². The summed E-state index contributed by atoms with van der Waals surface area (Å²) >= 11 is 6.41. The largest absolute Gasteiger partial charge is 0.490 e. The molecule has 1 heterocycles. The summed E-state index contributed by atoms with van der Waals surface area (Å²) in [5, 5.41) is 16.6. The molecule has 246 valence electrons. The second-order valence-electron chi connectivity index (χ2n) is 14.5. The number of benzene rings is 2. The molecule has 45 heavy (non-hydrogen) atoms. The SMILES string of the molecule is C[C@H](C/C=C/[C@H](O)[C@@]1(C)CC[C@@H]1CN1C[C@@]2(CCCc3cc(Cl)ccc32)COc2ccc(C(=O)OC(C)(C)C)cc21)S(N)(=O)=O. The Morgan fingerprint density at radius 3 is 2.67 bits per heavy atom. The van der Waals surface area contributed by atoms with Crippen LogP contribution in [0.15, 0.2) is 48.6 Å². The van der Waals surface area contributed by atoms with Gasteiger partial charge < -0.3 is 19.5 Å². The number of sulfonamides is 1. The van der Waals surface area contributed by atoms with E-state index < -0.39 is 32.4 Å². The smallest absolute Gasteiger partial charge is 0.338 e. The van der Waals surface area contributed by atoms with Gasteiger partial charge in [0.2, 0.25) is 10.0 Å². The molecule has 2 aromatic carbocycles. The molecule has 1 aliphatic heterocycles. The molecule has 10 heteroatoms. The number of aliphatic hydroxyl groups is 1. The maximum atomic E-state index is 13.1. The number of nitrogens with zero attached hydrogens (tertiary/aromatic N) is 1. The van der Waals surface area contributed by atoms with Crippen LogP contribution in [0.3, 0.4) is 0 Å². The van der Waals surface area contributed by atoms with Crippen LogP contribution in [0, 0.1) is 11.3 Å². The predicted octanol–water partition coefficient (Wildman–Crippen LogP) is 6.17. The molecule has 0 aromatic heterocycles. The number of aliphatic hydroxyl groups excluding tert-OH is 1. The number of rotatable bonds is 8.